The van der Waals surface area contributed by atoms with E-state index in [4.69, 9.17) is 21.4 Å². The normalized spacial score (nSPS) is 18.8. The number of carbonyl (C=O) groups is 1. The van der Waals surface area contributed by atoms with Gasteiger partial charge in [0.05, 0.1) is 30.5 Å². The molecule has 1 fully saturated rings. The molecular formula is C16H20ClN3O4. The van der Waals surface area contributed by atoms with Crippen LogP contribution in [0.1, 0.15) is 24.8 Å². The summed E-state index contributed by atoms with van der Waals surface area (Å²) in [7, 11) is 0. The Morgan fingerprint density at radius 1 is 1.33 bits per heavy atom. The van der Waals surface area contributed by atoms with E-state index in [1.54, 1.807) is 11.0 Å². The van der Waals surface area contributed by atoms with Crippen LogP contribution in [0.25, 0.3) is 0 Å². The third-order valence-electron chi connectivity index (χ3n) is 4.16. The number of unbranched alkanes of at least 4 members (excludes halogenated alkanes) is 2. The molecule has 0 spiro atoms. The number of carbonyl (C=O) groups excluding carboxylic acids is 1. The van der Waals surface area contributed by atoms with Crippen molar-refractivity contribution in [1.29, 1.82) is 0 Å². The fourth-order valence-electron chi connectivity index (χ4n) is 2.83. The maximum absolute atomic E-state index is 11.8. The van der Waals surface area contributed by atoms with Gasteiger partial charge in [-0.2, -0.15) is 0 Å². The van der Waals surface area contributed by atoms with Crippen molar-refractivity contribution in [2.75, 3.05) is 19.8 Å². The van der Waals surface area contributed by atoms with Gasteiger partial charge in [0.15, 0.2) is 0 Å². The third kappa shape index (κ3) is 3.19. The topological polar surface area (TPSA) is 94.4 Å². The highest BCUT2D eigenvalue weighted by molar-refractivity contribution is 6.33. The number of aliphatic hydroxyl groups is 2. The fourth-order valence-corrected chi connectivity index (χ4v) is 3.10. The second-order valence-corrected chi connectivity index (χ2v) is 6.14. The van der Waals surface area contributed by atoms with Crippen molar-refractivity contribution >= 4 is 29.2 Å². The van der Waals surface area contributed by atoms with E-state index in [0.717, 1.165) is 24.8 Å². The first-order chi connectivity index (χ1) is 11.7. The number of guanidine groups is 1. The van der Waals surface area contributed by atoms with E-state index in [0.29, 0.717) is 35.6 Å². The average molecular weight is 354 g/mol. The van der Waals surface area contributed by atoms with Crippen LogP contribution < -0.4 is 10.1 Å². The Bertz CT molecular complexity index is 665. The van der Waals surface area contributed by atoms with Crippen LogP contribution in [0.4, 0.5) is 5.69 Å². The molecule has 3 rings (SSSR count). The summed E-state index contributed by atoms with van der Waals surface area (Å²) in [6.45, 7) is 0.822. The predicted molar refractivity (Wildman–Crippen MR) is 89.5 cm³/mol. The van der Waals surface area contributed by atoms with Crippen LogP contribution in [-0.4, -0.2) is 52.8 Å². The predicted octanol–water partition coefficient (Wildman–Crippen LogP) is 1.18. The molecule has 0 saturated carbocycles. The molecule has 3 N–H and O–H groups in total. The molecule has 1 saturated heterocycles. The van der Waals surface area contributed by atoms with Crippen LogP contribution >= 0.6 is 11.6 Å². The number of nitrogens with one attached hydrogen (secondary N) is 1. The zero-order chi connectivity index (χ0) is 17.1. The molecular weight excluding hydrogens is 334 g/mol. The Morgan fingerprint density at radius 3 is 2.92 bits per heavy atom. The summed E-state index contributed by atoms with van der Waals surface area (Å²) in [5.74, 6) is 0.762. The molecule has 1 amide bonds. The zero-order valence-corrected chi connectivity index (χ0v) is 13.9. The molecule has 1 unspecified atom stereocenters. The van der Waals surface area contributed by atoms with Gasteiger partial charge >= 0.3 is 0 Å². The minimum Gasteiger partial charge on any atom is -0.492 e. The number of hydrogen-bond acceptors (Lipinski definition) is 6. The van der Waals surface area contributed by atoms with Crippen LogP contribution in [0.3, 0.4) is 0 Å². The molecule has 8 heteroatoms. The van der Waals surface area contributed by atoms with Crippen molar-refractivity contribution in [2.45, 2.75) is 31.8 Å². The summed E-state index contributed by atoms with van der Waals surface area (Å²) in [4.78, 5) is 18.0. The van der Waals surface area contributed by atoms with E-state index >= 15 is 0 Å². The number of nitrogens with zero attached hydrogens (tertiary/aromatic N) is 2. The molecule has 1 atom stereocenters. The molecule has 0 radical (unpaired) electrons. The highest BCUT2D eigenvalue weighted by Gasteiger charge is 2.39. The molecule has 7 nitrogen and oxygen atoms in total. The molecule has 1 aromatic carbocycles. The Balaban J connectivity index is 1.74. The third-order valence-corrected chi connectivity index (χ3v) is 4.57. The second-order valence-electron chi connectivity index (χ2n) is 5.76. The Labute approximate surface area is 144 Å². The summed E-state index contributed by atoms with van der Waals surface area (Å²) in [6, 6.07) is 2.94. The quantitative estimate of drug-likeness (QED) is 0.640. The van der Waals surface area contributed by atoms with Crippen molar-refractivity contribution in [2.24, 2.45) is 4.99 Å². The SMILES string of the molecule is O=C1NC2=Nc3ccc(OCCCCCO)c(Cl)c3CN2C1CO. The van der Waals surface area contributed by atoms with Crippen molar-refractivity contribution in [1.82, 2.24) is 10.2 Å². The van der Waals surface area contributed by atoms with Crippen LogP contribution in [0.2, 0.25) is 5.02 Å². The molecule has 24 heavy (non-hydrogen) atoms. The van der Waals surface area contributed by atoms with Gasteiger partial charge in [0.2, 0.25) is 5.96 Å². The summed E-state index contributed by atoms with van der Waals surface area (Å²) < 4.78 is 5.72. The number of ether oxygens (including phenoxy) is 1. The average Bonchev–Trinajstić information content (AvgIpc) is 2.89. The van der Waals surface area contributed by atoms with Gasteiger partial charge in [0.1, 0.15) is 11.8 Å². The Hall–Kier alpha value is -1.83. The van der Waals surface area contributed by atoms with E-state index < -0.39 is 6.04 Å². The molecule has 1 aromatic rings. The van der Waals surface area contributed by atoms with Crippen LogP contribution in [0.5, 0.6) is 5.75 Å². The van der Waals surface area contributed by atoms with Crippen LogP contribution in [-0.2, 0) is 11.3 Å². The number of rotatable bonds is 7. The van der Waals surface area contributed by atoms with E-state index in [9.17, 15) is 9.90 Å². The maximum Gasteiger partial charge on any atom is 0.251 e. The van der Waals surface area contributed by atoms with E-state index in [1.807, 2.05) is 6.07 Å². The summed E-state index contributed by atoms with van der Waals surface area (Å²) in [6.07, 6.45) is 2.50. The molecule has 0 bridgehead atoms. The van der Waals surface area contributed by atoms with Crippen molar-refractivity contribution < 1.29 is 19.7 Å². The fraction of sp³-hybridized carbons (Fsp3) is 0.500. The lowest BCUT2D eigenvalue weighted by Gasteiger charge is -2.28. The summed E-state index contributed by atoms with van der Waals surface area (Å²) in [5.41, 5.74) is 1.47. The minimum atomic E-state index is -0.643. The largest absolute Gasteiger partial charge is 0.492 e. The molecule has 2 aliphatic heterocycles. The number of aliphatic hydroxyl groups excluding tert-OH is 2. The van der Waals surface area contributed by atoms with Crippen molar-refractivity contribution in [3.05, 3.63) is 22.7 Å². The standard InChI is InChI=1S/C16H20ClN3O4/c17-14-10-8-20-12(9-22)15(23)19-16(20)18-11(10)4-5-13(14)24-7-3-1-2-6-21/h4-5,12,21-22H,1-3,6-9H2,(H,18,19,23). The molecule has 0 aromatic heterocycles. The van der Waals surface area contributed by atoms with Crippen LogP contribution in [0, 0.1) is 0 Å². The summed E-state index contributed by atoms with van der Waals surface area (Å²) >= 11 is 6.46. The number of benzene rings is 1. The lowest BCUT2D eigenvalue weighted by Crippen LogP contribution is -2.39. The highest BCUT2D eigenvalue weighted by atomic mass is 35.5. The number of hydrogen-bond donors (Lipinski definition) is 3. The van der Waals surface area contributed by atoms with E-state index in [-0.39, 0.29) is 19.1 Å². The van der Waals surface area contributed by atoms with Gasteiger partial charge in [0.25, 0.3) is 5.91 Å². The Kier molecular flexibility index (Phi) is 5.23. The van der Waals surface area contributed by atoms with Gasteiger partial charge in [0, 0.05) is 12.2 Å². The Morgan fingerprint density at radius 2 is 2.17 bits per heavy atom. The second kappa shape index (κ2) is 7.38. The molecule has 2 heterocycles. The lowest BCUT2D eigenvalue weighted by atomic mass is 10.1. The zero-order valence-electron chi connectivity index (χ0n) is 13.2. The van der Waals surface area contributed by atoms with Gasteiger partial charge in [-0.25, -0.2) is 4.99 Å². The van der Waals surface area contributed by atoms with Gasteiger partial charge in [-0.15, -0.1) is 0 Å². The van der Waals surface area contributed by atoms with Gasteiger partial charge in [-0.05, 0) is 31.4 Å². The molecule has 130 valence electrons. The lowest BCUT2D eigenvalue weighted by molar-refractivity contribution is -0.122. The van der Waals surface area contributed by atoms with Gasteiger partial charge in [-0.1, -0.05) is 11.6 Å². The molecule has 0 aliphatic carbocycles. The van der Waals surface area contributed by atoms with E-state index in [2.05, 4.69) is 10.3 Å². The summed E-state index contributed by atoms with van der Waals surface area (Å²) in [5, 5.41) is 21.3. The minimum absolute atomic E-state index is 0.189. The molecule has 2 aliphatic rings. The smallest absolute Gasteiger partial charge is 0.251 e. The number of amides is 1. The maximum atomic E-state index is 11.8. The first-order valence-electron chi connectivity index (χ1n) is 7.97. The highest BCUT2D eigenvalue weighted by Crippen LogP contribution is 2.39. The number of fused-ring (bicyclic) bond motifs is 2. The van der Waals surface area contributed by atoms with E-state index in [1.165, 1.54) is 0 Å². The van der Waals surface area contributed by atoms with Gasteiger partial charge < -0.3 is 19.8 Å². The first-order valence-corrected chi connectivity index (χ1v) is 8.35. The van der Waals surface area contributed by atoms with Crippen LogP contribution in [0.15, 0.2) is 17.1 Å². The van der Waals surface area contributed by atoms with Crippen molar-refractivity contribution in [3.8, 4) is 5.75 Å². The first kappa shape index (κ1) is 17.0. The number of halogens is 1. The van der Waals surface area contributed by atoms with Gasteiger partial charge in [-0.3, -0.25) is 10.1 Å². The monoisotopic (exact) mass is 353 g/mol. The van der Waals surface area contributed by atoms with Crippen molar-refractivity contribution in [3.63, 3.8) is 0 Å². The number of aliphatic imine (C=N–C) groups is 1.